The number of nitrogens with zero attached hydrogens (tertiary/aromatic N) is 2. The molecule has 0 radical (unpaired) electrons. The number of hydrogen-bond acceptors (Lipinski definition) is 2. The Balaban J connectivity index is 1.14. The standard InChI is InChI=1S/C54H36N2O/c1-5-16-37(17-6-1)40-28-30-44(31-29-40)55(43-22-11-4-12-23-43)50-27-15-25-47-53-51(57-54(47)50)33-32-49-52(53)46-24-13-14-26-48(46)56(49)45-35-41(38-18-7-2-8-19-38)34-42(36-45)39-20-9-3-10-21-39/h1-36H. The molecule has 0 fully saturated rings. The van der Waals surface area contributed by atoms with Gasteiger partial charge in [0.05, 0.1) is 16.7 Å². The highest BCUT2D eigenvalue weighted by Crippen LogP contribution is 2.46. The molecule has 0 N–H and O–H groups in total. The Morgan fingerprint density at radius 2 is 0.877 bits per heavy atom. The summed E-state index contributed by atoms with van der Waals surface area (Å²) in [6, 6.07) is 77.9. The summed E-state index contributed by atoms with van der Waals surface area (Å²) in [6.45, 7) is 0. The predicted molar refractivity (Wildman–Crippen MR) is 239 cm³/mol. The molecule has 3 heteroatoms. The van der Waals surface area contributed by atoms with Crippen LogP contribution in [-0.2, 0) is 0 Å². The van der Waals surface area contributed by atoms with Gasteiger partial charge in [-0.15, -0.1) is 0 Å². The van der Waals surface area contributed by atoms with Crippen molar-refractivity contribution in [2.75, 3.05) is 4.90 Å². The Kier molecular flexibility index (Phi) is 7.82. The molecule has 0 aliphatic rings. The first kappa shape index (κ1) is 32.8. The summed E-state index contributed by atoms with van der Waals surface area (Å²) < 4.78 is 9.40. The molecule has 2 aromatic heterocycles. The monoisotopic (exact) mass is 728 g/mol. The van der Waals surface area contributed by atoms with Crippen LogP contribution in [0.1, 0.15) is 0 Å². The van der Waals surface area contributed by atoms with E-state index in [4.69, 9.17) is 4.42 Å². The minimum absolute atomic E-state index is 0.852. The fourth-order valence-electron chi connectivity index (χ4n) is 8.56. The molecule has 0 unspecified atom stereocenters. The molecule has 0 saturated heterocycles. The third-order valence-corrected chi connectivity index (χ3v) is 11.2. The van der Waals surface area contributed by atoms with Gasteiger partial charge in [-0.1, -0.05) is 152 Å². The van der Waals surface area contributed by atoms with Crippen molar-refractivity contribution in [3.63, 3.8) is 0 Å². The summed E-state index contributed by atoms with van der Waals surface area (Å²) in [6.07, 6.45) is 0. The Bertz CT molecular complexity index is 3140. The first-order valence-corrected chi connectivity index (χ1v) is 19.4. The number of fused-ring (bicyclic) bond motifs is 7. The van der Waals surface area contributed by atoms with Crippen molar-refractivity contribution in [1.82, 2.24) is 4.57 Å². The van der Waals surface area contributed by atoms with Crippen LogP contribution in [-0.4, -0.2) is 4.57 Å². The maximum Gasteiger partial charge on any atom is 0.159 e. The van der Waals surface area contributed by atoms with Crippen molar-refractivity contribution < 1.29 is 4.42 Å². The van der Waals surface area contributed by atoms with Crippen LogP contribution in [0.5, 0.6) is 0 Å². The number of para-hydroxylation sites is 3. The van der Waals surface area contributed by atoms with Crippen LogP contribution in [0.4, 0.5) is 17.1 Å². The first-order chi connectivity index (χ1) is 28.3. The molecule has 0 atom stereocenters. The van der Waals surface area contributed by atoms with Crippen molar-refractivity contribution in [3.8, 4) is 39.1 Å². The maximum atomic E-state index is 6.98. The first-order valence-electron chi connectivity index (χ1n) is 19.4. The summed E-state index contributed by atoms with van der Waals surface area (Å²) in [5, 5.41) is 4.58. The Hall–Kier alpha value is -7.62. The highest BCUT2D eigenvalue weighted by molar-refractivity contribution is 6.28. The second-order valence-corrected chi connectivity index (χ2v) is 14.5. The van der Waals surface area contributed by atoms with E-state index < -0.39 is 0 Å². The fourth-order valence-corrected chi connectivity index (χ4v) is 8.56. The lowest BCUT2D eigenvalue weighted by atomic mass is 9.98. The lowest BCUT2D eigenvalue weighted by Gasteiger charge is -2.25. The molecule has 0 bridgehead atoms. The van der Waals surface area contributed by atoms with E-state index in [1.165, 1.54) is 44.2 Å². The summed E-state index contributed by atoms with van der Waals surface area (Å²) in [4.78, 5) is 2.31. The van der Waals surface area contributed by atoms with Gasteiger partial charge in [-0.05, 0) is 100 Å². The third-order valence-electron chi connectivity index (χ3n) is 11.2. The second-order valence-electron chi connectivity index (χ2n) is 14.5. The van der Waals surface area contributed by atoms with Crippen LogP contribution in [0.3, 0.4) is 0 Å². The Morgan fingerprint density at radius 3 is 1.53 bits per heavy atom. The van der Waals surface area contributed by atoms with Gasteiger partial charge < -0.3 is 13.9 Å². The predicted octanol–water partition coefficient (Wildman–Crippen LogP) is 15.2. The molecule has 3 nitrogen and oxygen atoms in total. The van der Waals surface area contributed by atoms with Crippen LogP contribution in [0, 0.1) is 0 Å². The third kappa shape index (κ3) is 5.60. The van der Waals surface area contributed by atoms with Gasteiger partial charge in [0.1, 0.15) is 5.58 Å². The topological polar surface area (TPSA) is 21.3 Å². The zero-order valence-corrected chi connectivity index (χ0v) is 31.1. The average Bonchev–Trinajstić information content (AvgIpc) is 3.84. The SMILES string of the molecule is c1ccc(-c2ccc(N(c3ccccc3)c3cccc4c3oc3ccc5c(c6ccccc6n5-c5cc(-c6ccccc6)cc(-c6ccccc6)c5)c34)cc2)cc1. The van der Waals surface area contributed by atoms with Crippen LogP contribution in [0.2, 0.25) is 0 Å². The normalized spacial score (nSPS) is 11.5. The van der Waals surface area contributed by atoms with E-state index >= 15 is 0 Å². The fraction of sp³-hybridized carbons (Fsp3) is 0. The van der Waals surface area contributed by atoms with Gasteiger partial charge in [0.2, 0.25) is 0 Å². The van der Waals surface area contributed by atoms with Crippen LogP contribution >= 0.6 is 0 Å². The largest absolute Gasteiger partial charge is 0.454 e. The van der Waals surface area contributed by atoms with Crippen LogP contribution < -0.4 is 4.90 Å². The molecule has 11 aromatic rings. The molecule has 0 saturated carbocycles. The Labute approximate surface area is 330 Å². The molecule has 0 aliphatic heterocycles. The zero-order valence-electron chi connectivity index (χ0n) is 31.1. The van der Waals surface area contributed by atoms with E-state index in [0.717, 1.165) is 55.7 Å². The molecule has 268 valence electrons. The summed E-state index contributed by atoms with van der Waals surface area (Å²) in [5.41, 5.74) is 15.3. The number of aromatic nitrogens is 1. The average molecular weight is 729 g/mol. The molecule has 57 heavy (non-hydrogen) atoms. The van der Waals surface area contributed by atoms with Gasteiger partial charge in [-0.3, -0.25) is 0 Å². The smallest absolute Gasteiger partial charge is 0.159 e. The van der Waals surface area contributed by atoms with Crippen molar-refractivity contribution in [3.05, 3.63) is 218 Å². The minimum atomic E-state index is 0.852. The van der Waals surface area contributed by atoms with Crippen molar-refractivity contribution in [2.24, 2.45) is 0 Å². The van der Waals surface area contributed by atoms with Gasteiger partial charge in [0, 0.05) is 38.6 Å². The van der Waals surface area contributed by atoms with Gasteiger partial charge in [0.15, 0.2) is 5.58 Å². The second kappa shape index (κ2) is 13.6. The molecule has 0 aliphatic carbocycles. The lowest BCUT2D eigenvalue weighted by molar-refractivity contribution is 0.669. The number of benzene rings is 9. The minimum Gasteiger partial charge on any atom is -0.454 e. The van der Waals surface area contributed by atoms with E-state index in [0.29, 0.717) is 0 Å². The molecule has 0 spiro atoms. The highest BCUT2D eigenvalue weighted by Gasteiger charge is 2.23. The van der Waals surface area contributed by atoms with Gasteiger partial charge in [0.25, 0.3) is 0 Å². The molecule has 2 heterocycles. The highest BCUT2D eigenvalue weighted by atomic mass is 16.3. The van der Waals surface area contributed by atoms with Crippen molar-refractivity contribution in [1.29, 1.82) is 0 Å². The van der Waals surface area contributed by atoms with Gasteiger partial charge >= 0.3 is 0 Å². The summed E-state index contributed by atoms with van der Waals surface area (Å²) in [7, 11) is 0. The van der Waals surface area contributed by atoms with E-state index in [2.05, 4.69) is 228 Å². The van der Waals surface area contributed by atoms with E-state index in [-0.39, 0.29) is 0 Å². The quantitative estimate of drug-likeness (QED) is 0.163. The molecule has 9 aromatic carbocycles. The van der Waals surface area contributed by atoms with Crippen molar-refractivity contribution in [2.45, 2.75) is 0 Å². The molecule has 11 rings (SSSR count). The summed E-state index contributed by atoms with van der Waals surface area (Å²) >= 11 is 0. The van der Waals surface area contributed by atoms with Gasteiger partial charge in [-0.25, -0.2) is 0 Å². The Morgan fingerprint density at radius 1 is 0.351 bits per heavy atom. The van der Waals surface area contributed by atoms with E-state index in [1.54, 1.807) is 0 Å². The molecule has 0 amide bonds. The number of hydrogen-bond donors (Lipinski definition) is 0. The van der Waals surface area contributed by atoms with E-state index in [9.17, 15) is 0 Å². The number of rotatable bonds is 7. The van der Waals surface area contributed by atoms with Gasteiger partial charge in [-0.2, -0.15) is 0 Å². The number of anilines is 3. The van der Waals surface area contributed by atoms with E-state index in [1.807, 2.05) is 0 Å². The van der Waals surface area contributed by atoms with Crippen LogP contribution in [0.15, 0.2) is 223 Å². The zero-order chi connectivity index (χ0) is 37.7. The molecular weight excluding hydrogens is 693 g/mol. The van der Waals surface area contributed by atoms with Crippen LogP contribution in [0.25, 0.3) is 82.8 Å². The molecular formula is C54H36N2O. The number of furan rings is 1. The summed E-state index contributed by atoms with van der Waals surface area (Å²) in [5.74, 6) is 0. The van der Waals surface area contributed by atoms with Crippen molar-refractivity contribution >= 4 is 60.8 Å². The lowest BCUT2D eigenvalue weighted by Crippen LogP contribution is -2.10. The maximum absolute atomic E-state index is 6.98.